The van der Waals surface area contributed by atoms with E-state index in [0.29, 0.717) is 5.56 Å². The van der Waals surface area contributed by atoms with Crippen molar-refractivity contribution in [2.45, 2.75) is 6.42 Å². The molecule has 144 valence electrons. The van der Waals surface area contributed by atoms with E-state index < -0.39 is 17.8 Å². The summed E-state index contributed by atoms with van der Waals surface area (Å²) in [5.74, 6) is -3.08. The molecule has 2 aliphatic carbocycles. The van der Waals surface area contributed by atoms with Crippen LogP contribution in [-0.4, -0.2) is 48.3 Å². The van der Waals surface area contributed by atoms with Gasteiger partial charge in [-0.15, -0.1) is 0 Å². The summed E-state index contributed by atoms with van der Waals surface area (Å²) in [4.78, 5) is 44.6. The number of hydrogen-bond donors (Lipinski definition) is 5. The van der Waals surface area contributed by atoms with Gasteiger partial charge in [0.1, 0.15) is 6.61 Å². The zero-order valence-corrected chi connectivity index (χ0v) is 14.4. The number of fused-ring (bicyclic) bond motifs is 1. The lowest BCUT2D eigenvalue weighted by Gasteiger charge is -2.05. The Kier molecular flexibility index (Phi) is 6.66. The second-order valence-corrected chi connectivity index (χ2v) is 5.45. The van der Waals surface area contributed by atoms with Crippen LogP contribution in [0.2, 0.25) is 0 Å². The van der Waals surface area contributed by atoms with Crippen molar-refractivity contribution in [1.82, 2.24) is 11.0 Å². The lowest BCUT2D eigenvalue weighted by atomic mass is 10.1. The number of carbonyl (C=O) groups excluding carboxylic acids is 1. The van der Waals surface area contributed by atoms with Gasteiger partial charge in [-0.05, 0) is 16.7 Å². The second-order valence-electron chi connectivity index (χ2n) is 5.45. The van der Waals surface area contributed by atoms with Crippen LogP contribution in [-0.2, 0) is 20.9 Å². The molecule has 0 fully saturated rings. The highest BCUT2D eigenvalue weighted by molar-refractivity contribution is 6.14. The highest BCUT2D eigenvalue weighted by Gasteiger charge is 2.28. The standard InChI is InChI=1S/C17H19N3O7/c1-19-26-6-7-27-20-12(21)8-9-2-4-10-11(5-3-9)14(17(24)25)15(18)13(10)16(22)23/h2-5,19H,6-8,18H2,1H3,(H,20,21)(H,22,23)(H,24,25). The molecule has 0 unspecified atom stereocenters. The van der Waals surface area contributed by atoms with E-state index >= 15 is 0 Å². The summed E-state index contributed by atoms with van der Waals surface area (Å²) in [6, 6.07) is 5.94. The molecule has 27 heavy (non-hydrogen) atoms. The largest absolute Gasteiger partial charge is 0.478 e. The summed E-state index contributed by atoms with van der Waals surface area (Å²) in [6.45, 7) is 0.385. The average molecular weight is 377 g/mol. The number of rotatable bonds is 9. The van der Waals surface area contributed by atoms with Crippen LogP contribution in [0.15, 0.2) is 24.3 Å². The summed E-state index contributed by atoms with van der Waals surface area (Å²) in [7, 11) is 1.59. The van der Waals surface area contributed by atoms with Gasteiger partial charge in [0.05, 0.1) is 29.8 Å². The molecule has 2 rings (SSSR count). The van der Waals surface area contributed by atoms with E-state index in [0.717, 1.165) is 0 Å². The Morgan fingerprint density at radius 2 is 1.48 bits per heavy atom. The van der Waals surface area contributed by atoms with E-state index in [4.69, 9.17) is 15.4 Å². The van der Waals surface area contributed by atoms with Crippen LogP contribution in [0.5, 0.6) is 0 Å². The lowest BCUT2D eigenvalue weighted by molar-refractivity contribution is -0.134. The smallest absolute Gasteiger partial charge is 0.338 e. The van der Waals surface area contributed by atoms with Crippen molar-refractivity contribution >= 4 is 23.5 Å². The van der Waals surface area contributed by atoms with Gasteiger partial charge in [0.15, 0.2) is 0 Å². The summed E-state index contributed by atoms with van der Waals surface area (Å²) >= 11 is 0. The van der Waals surface area contributed by atoms with Gasteiger partial charge in [-0.3, -0.25) is 14.5 Å². The summed E-state index contributed by atoms with van der Waals surface area (Å²) in [5, 5.41) is 18.7. The summed E-state index contributed by atoms with van der Waals surface area (Å²) in [5.41, 5.74) is 10.5. The number of carbonyl (C=O) groups is 3. The van der Waals surface area contributed by atoms with Crippen LogP contribution >= 0.6 is 0 Å². The molecule has 1 amide bonds. The van der Waals surface area contributed by atoms with Gasteiger partial charge in [0, 0.05) is 7.05 Å². The maximum Gasteiger partial charge on any atom is 0.338 e. The minimum atomic E-state index is -1.33. The Morgan fingerprint density at radius 1 is 0.963 bits per heavy atom. The van der Waals surface area contributed by atoms with Gasteiger partial charge in [-0.2, -0.15) is 0 Å². The van der Waals surface area contributed by atoms with Crippen LogP contribution < -0.4 is 16.7 Å². The SMILES string of the molecule is CNOCCONC(=O)Cc1ccc2c(C(=O)O)c(N)c(C(=O)O)c-2cc1. The number of nitrogens with one attached hydrogen (secondary N) is 2. The number of nitrogens with two attached hydrogens (primary N) is 1. The number of hydrogen-bond acceptors (Lipinski definition) is 7. The topological polar surface area (TPSA) is 160 Å². The number of hydroxylamine groups is 2. The molecule has 0 spiro atoms. The fraction of sp³-hybridized carbons (Fsp3) is 0.235. The Balaban J connectivity index is 2.22. The van der Waals surface area contributed by atoms with Crippen molar-refractivity contribution < 1.29 is 34.3 Å². The first-order valence-corrected chi connectivity index (χ1v) is 7.86. The number of nitrogen functional groups attached to an aromatic ring is 1. The zero-order valence-electron chi connectivity index (χ0n) is 14.4. The summed E-state index contributed by atoms with van der Waals surface area (Å²) in [6.07, 6.45) is -0.0511. The summed E-state index contributed by atoms with van der Waals surface area (Å²) < 4.78 is 0. The van der Waals surface area contributed by atoms with E-state index in [1.807, 2.05) is 0 Å². The molecule has 0 saturated heterocycles. The Morgan fingerprint density at radius 3 is 1.96 bits per heavy atom. The molecule has 2 aliphatic rings. The third kappa shape index (κ3) is 4.70. The van der Waals surface area contributed by atoms with Gasteiger partial charge in [0.2, 0.25) is 5.91 Å². The van der Waals surface area contributed by atoms with E-state index in [9.17, 15) is 24.6 Å². The highest BCUT2D eigenvalue weighted by Crippen LogP contribution is 2.38. The number of carboxylic acids is 2. The molecular weight excluding hydrogens is 358 g/mol. The van der Waals surface area contributed by atoms with Crippen LogP contribution in [0.4, 0.5) is 5.69 Å². The number of carboxylic acid groups (broad SMARTS) is 2. The van der Waals surface area contributed by atoms with Crippen LogP contribution in [0.1, 0.15) is 26.3 Å². The highest BCUT2D eigenvalue weighted by atomic mass is 16.7. The number of anilines is 1. The third-order valence-electron chi connectivity index (χ3n) is 3.71. The van der Waals surface area contributed by atoms with Crippen molar-refractivity contribution in [2.75, 3.05) is 26.0 Å². The molecule has 0 radical (unpaired) electrons. The normalized spacial score (nSPS) is 10.7. The van der Waals surface area contributed by atoms with E-state index in [1.54, 1.807) is 7.05 Å². The quantitative estimate of drug-likeness (QED) is 0.310. The molecule has 0 aromatic rings. The van der Waals surface area contributed by atoms with E-state index in [1.165, 1.54) is 24.3 Å². The minimum absolute atomic E-state index is 0.0511. The Labute approximate surface area is 154 Å². The molecule has 10 heteroatoms. The van der Waals surface area contributed by atoms with Crippen molar-refractivity contribution in [1.29, 1.82) is 0 Å². The van der Waals surface area contributed by atoms with Gasteiger partial charge in [-0.1, -0.05) is 24.3 Å². The van der Waals surface area contributed by atoms with Crippen molar-refractivity contribution in [2.24, 2.45) is 0 Å². The molecule has 6 N–H and O–H groups in total. The third-order valence-corrected chi connectivity index (χ3v) is 3.71. The molecule has 0 saturated carbocycles. The average Bonchev–Trinajstić information content (AvgIpc) is 2.74. The first kappa shape index (κ1) is 20.1. The molecule has 0 aromatic heterocycles. The van der Waals surface area contributed by atoms with Gasteiger partial charge in [0.25, 0.3) is 0 Å². The van der Waals surface area contributed by atoms with Gasteiger partial charge in [-0.25, -0.2) is 20.5 Å². The number of amides is 1. The first-order valence-electron chi connectivity index (χ1n) is 7.86. The maximum absolute atomic E-state index is 11.9. The van der Waals surface area contributed by atoms with E-state index in [-0.39, 0.29) is 47.6 Å². The molecule has 0 atom stereocenters. The minimum Gasteiger partial charge on any atom is -0.478 e. The van der Waals surface area contributed by atoms with Crippen molar-refractivity contribution in [3.63, 3.8) is 0 Å². The van der Waals surface area contributed by atoms with Crippen molar-refractivity contribution in [3.8, 4) is 11.1 Å². The fourth-order valence-corrected chi connectivity index (χ4v) is 2.58. The predicted octanol–water partition coefficient (Wildman–Crippen LogP) is 0.511. The second kappa shape index (κ2) is 8.94. The molecular formula is C17H19N3O7. The van der Waals surface area contributed by atoms with Gasteiger partial charge >= 0.3 is 11.9 Å². The van der Waals surface area contributed by atoms with Crippen LogP contribution in [0, 0.1) is 0 Å². The monoisotopic (exact) mass is 377 g/mol. The Bertz CT molecular complexity index is 786. The van der Waals surface area contributed by atoms with Crippen LogP contribution in [0.3, 0.4) is 0 Å². The molecule has 0 bridgehead atoms. The lowest BCUT2D eigenvalue weighted by Crippen LogP contribution is -2.27. The fourth-order valence-electron chi connectivity index (χ4n) is 2.58. The molecule has 0 aliphatic heterocycles. The molecule has 10 nitrogen and oxygen atoms in total. The Hall–Kier alpha value is -3.21. The van der Waals surface area contributed by atoms with Gasteiger partial charge < -0.3 is 15.9 Å². The van der Waals surface area contributed by atoms with Crippen LogP contribution in [0.25, 0.3) is 11.1 Å². The first-order chi connectivity index (χ1) is 12.9. The number of aromatic carboxylic acids is 2. The zero-order chi connectivity index (χ0) is 20.0. The molecule has 0 aromatic carbocycles. The van der Waals surface area contributed by atoms with E-state index in [2.05, 4.69) is 11.0 Å². The maximum atomic E-state index is 11.9. The molecule has 0 heterocycles. The predicted molar refractivity (Wildman–Crippen MR) is 94.2 cm³/mol. The van der Waals surface area contributed by atoms with Crippen molar-refractivity contribution in [3.05, 3.63) is 41.0 Å².